The summed E-state index contributed by atoms with van der Waals surface area (Å²) in [6, 6.07) is 7.87. The van der Waals surface area contributed by atoms with E-state index >= 15 is 0 Å². The Hall–Kier alpha value is -1.32. The van der Waals surface area contributed by atoms with E-state index in [0.29, 0.717) is 22.0 Å². The molecule has 1 aromatic heterocycles. The first-order valence-electron chi connectivity index (χ1n) is 5.69. The first-order valence-corrected chi connectivity index (χ1v) is 6.60. The fourth-order valence-electron chi connectivity index (χ4n) is 1.62. The minimum absolute atomic E-state index is 0.244. The molecule has 0 aliphatic carbocycles. The zero-order valence-electron chi connectivity index (χ0n) is 10.3. The van der Waals surface area contributed by atoms with Crippen LogP contribution >= 0.6 is 23.2 Å². The number of pyridine rings is 1. The van der Waals surface area contributed by atoms with Crippen LogP contribution in [0.25, 0.3) is 0 Å². The second-order valence-corrected chi connectivity index (χ2v) is 4.73. The molecular formula is C14H12Cl2FNO. The Morgan fingerprint density at radius 3 is 2.74 bits per heavy atom. The quantitative estimate of drug-likeness (QED) is 0.776. The third-order valence-electron chi connectivity index (χ3n) is 2.60. The van der Waals surface area contributed by atoms with Crippen LogP contribution in [0.5, 0.6) is 5.75 Å². The highest BCUT2D eigenvalue weighted by Gasteiger charge is 2.07. The van der Waals surface area contributed by atoms with Crippen LogP contribution in [-0.4, -0.2) is 4.98 Å². The number of halogens is 3. The lowest BCUT2D eigenvalue weighted by molar-refractivity contribution is 0.302. The summed E-state index contributed by atoms with van der Waals surface area (Å²) in [5, 5.41) is 0.340. The summed E-state index contributed by atoms with van der Waals surface area (Å²) in [4.78, 5) is 4.29. The van der Waals surface area contributed by atoms with Crippen molar-refractivity contribution in [3.63, 3.8) is 0 Å². The van der Waals surface area contributed by atoms with Crippen LogP contribution in [0, 0.1) is 12.7 Å². The third kappa shape index (κ3) is 3.58. The summed E-state index contributed by atoms with van der Waals surface area (Å²) in [5.41, 5.74) is 2.27. The van der Waals surface area contributed by atoms with Crippen molar-refractivity contribution in [3.8, 4) is 5.75 Å². The van der Waals surface area contributed by atoms with E-state index < -0.39 is 0 Å². The molecule has 2 nitrogen and oxygen atoms in total. The smallest absolute Gasteiger partial charge is 0.142 e. The molecule has 0 atom stereocenters. The number of alkyl halides is 1. The average Bonchev–Trinajstić information content (AvgIpc) is 2.39. The lowest BCUT2D eigenvalue weighted by Crippen LogP contribution is -2.01. The predicted octanol–water partition coefficient (Wildman–Crippen LogP) is 4.50. The van der Waals surface area contributed by atoms with Crippen molar-refractivity contribution in [2.24, 2.45) is 0 Å². The van der Waals surface area contributed by atoms with Gasteiger partial charge in [-0.25, -0.2) is 4.39 Å². The van der Waals surface area contributed by atoms with Gasteiger partial charge in [0.2, 0.25) is 0 Å². The molecule has 2 aromatic rings. The predicted molar refractivity (Wildman–Crippen MR) is 74.3 cm³/mol. The van der Waals surface area contributed by atoms with Crippen LogP contribution < -0.4 is 4.74 Å². The molecule has 0 N–H and O–H groups in total. The van der Waals surface area contributed by atoms with E-state index in [0.717, 1.165) is 5.69 Å². The second kappa shape index (κ2) is 6.22. The van der Waals surface area contributed by atoms with Crippen molar-refractivity contribution in [1.29, 1.82) is 0 Å². The minimum atomic E-state index is -0.368. The van der Waals surface area contributed by atoms with Gasteiger partial charge in [0.1, 0.15) is 18.2 Å². The van der Waals surface area contributed by atoms with E-state index in [4.69, 9.17) is 27.9 Å². The van der Waals surface area contributed by atoms with Gasteiger partial charge in [0.25, 0.3) is 0 Å². The van der Waals surface area contributed by atoms with Gasteiger partial charge < -0.3 is 4.74 Å². The molecule has 0 spiro atoms. The highest BCUT2D eigenvalue weighted by Crippen LogP contribution is 2.23. The number of benzene rings is 1. The van der Waals surface area contributed by atoms with Crippen molar-refractivity contribution in [2.75, 3.05) is 0 Å². The standard InChI is InChI=1S/C14H12Cl2FNO/c1-9-2-5-14(13(7-15)18-9)19-8-10-3-4-11(17)6-12(10)16/h2-6H,7-8H2,1H3. The zero-order valence-corrected chi connectivity index (χ0v) is 11.8. The number of aromatic nitrogens is 1. The maximum absolute atomic E-state index is 12.9. The van der Waals surface area contributed by atoms with Gasteiger partial charge in [-0.3, -0.25) is 4.98 Å². The average molecular weight is 300 g/mol. The molecule has 0 aliphatic rings. The first-order chi connectivity index (χ1) is 9.10. The van der Waals surface area contributed by atoms with Crippen molar-refractivity contribution in [1.82, 2.24) is 4.98 Å². The van der Waals surface area contributed by atoms with Gasteiger partial charge in [0.15, 0.2) is 0 Å². The summed E-state index contributed by atoms with van der Waals surface area (Å²) in [6.07, 6.45) is 0. The SMILES string of the molecule is Cc1ccc(OCc2ccc(F)cc2Cl)c(CCl)n1. The number of rotatable bonds is 4. The molecule has 0 bridgehead atoms. The number of hydrogen-bond acceptors (Lipinski definition) is 2. The van der Waals surface area contributed by atoms with Crippen LogP contribution in [0.3, 0.4) is 0 Å². The van der Waals surface area contributed by atoms with E-state index in [-0.39, 0.29) is 18.3 Å². The Balaban J connectivity index is 2.14. The Morgan fingerprint density at radius 1 is 1.26 bits per heavy atom. The molecule has 0 amide bonds. The fourth-order valence-corrected chi connectivity index (χ4v) is 2.03. The second-order valence-electron chi connectivity index (χ2n) is 4.06. The molecule has 0 fully saturated rings. The van der Waals surface area contributed by atoms with Gasteiger partial charge in [0.05, 0.1) is 16.6 Å². The van der Waals surface area contributed by atoms with Crippen molar-refractivity contribution in [3.05, 3.63) is 58.1 Å². The Labute approximate surface area is 121 Å². The van der Waals surface area contributed by atoms with E-state index in [9.17, 15) is 4.39 Å². The van der Waals surface area contributed by atoms with E-state index in [1.165, 1.54) is 12.1 Å². The molecule has 19 heavy (non-hydrogen) atoms. The normalized spacial score (nSPS) is 10.5. The summed E-state index contributed by atoms with van der Waals surface area (Å²) in [6.45, 7) is 2.13. The van der Waals surface area contributed by atoms with Gasteiger partial charge in [-0.1, -0.05) is 17.7 Å². The van der Waals surface area contributed by atoms with Crippen LogP contribution in [0.1, 0.15) is 17.0 Å². The van der Waals surface area contributed by atoms with Crippen LogP contribution in [0.15, 0.2) is 30.3 Å². The maximum atomic E-state index is 12.9. The van der Waals surface area contributed by atoms with Gasteiger partial charge >= 0.3 is 0 Å². The molecule has 2 rings (SSSR count). The number of hydrogen-bond donors (Lipinski definition) is 0. The Kier molecular flexibility index (Phi) is 4.61. The van der Waals surface area contributed by atoms with E-state index in [1.54, 1.807) is 6.07 Å². The van der Waals surface area contributed by atoms with Crippen molar-refractivity contribution in [2.45, 2.75) is 19.4 Å². The zero-order chi connectivity index (χ0) is 13.8. The van der Waals surface area contributed by atoms with Crippen LogP contribution in [-0.2, 0) is 12.5 Å². The molecule has 0 radical (unpaired) electrons. The van der Waals surface area contributed by atoms with Gasteiger partial charge in [0, 0.05) is 11.3 Å². The van der Waals surface area contributed by atoms with Gasteiger partial charge in [-0.05, 0) is 31.2 Å². The molecule has 0 unspecified atom stereocenters. The summed E-state index contributed by atoms with van der Waals surface area (Å²) in [5.74, 6) is 0.516. The highest BCUT2D eigenvalue weighted by molar-refractivity contribution is 6.31. The maximum Gasteiger partial charge on any atom is 0.142 e. The fraction of sp³-hybridized carbons (Fsp3) is 0.214. The number of nitrogens with zero attached hydrogens (tertiary/aromatic N) is 1. The van der Waals surface area contributed by atoms with Gasteiger partial charge in [-0.15, -0.1) is 11.6 Å². The topological polar surface area (TPSA) is 22.1 Å². The molecule has 100 valence electrons. The summed E-state index contributed by atoms with van der Waals surface area (Å²) >= 11 is 11.8. The number of ether oxygens (including phenoxy) is 1. The van der Waals surface area contributed by atoms with Crippen molar-refractivity contribution >= 4 is 23.2 Å². The summed E-state index contributed by atoms with van der Waals surface area (Å²) < 4.78 is 18.6. The monoisotopic (exact) mass is 299 g/mol. The first kappa shape index (κ1) is 14.1. The molecule has 0 aliphatic heterocycles. The number of aryl methyl sites for hydroxylation is 1. The highest BCUT2D eigenvalue weighted by atomic mass is 35.5. The van der Waals surface area contributed by atoms with Crippen molar-refractivity contribution < 1.29 is 9.13 Å². The molecule has 0 saturated carbocycles. The lowest BCUT2D eigenvalue weighted by Gasteiger charge is -2.11. The van der Waals surface area contributed by atoms with Crippen LogP contribution in [0.2, 0.25) is 5.02 Å². The van der Waals surface area contributed by atoms with Gasteiger partial charge in [-0.2, -0.15) is 0 Å². The molecule has 1 heterocycles. The Bertz CT molecular complexity index is 590. The largest absolute Gasteiger partial charge is 0.487 e. The lowest BCUT2D eigenvalue weighted by atomic mass is 10.2. The van der Waals surface area contributed by atoms with Crippen LogP contribution in [0.4, 0.5) is 4.39 Å². The van der Waals surface area contributed by atoms with E-state index in [2.05, 4.69) is 4.98 Å². The van der Waals surface area contributed by atoms with E-state index in [1.807, 2.05) is 19.1 Å². The molecular weight excluding hydrogens is 288 g/mol. The summed E-state index contributed by atoms with van der Waals surface area (Å²) in [7, 11) is 0. The minimum Gasteiger partial charge on any atom is -0.487 e. The molecule has 0 saturated heterocycles. The third-order valence-corrected chi connectivity index (χ3v) is 3.20. The molecule has 5 heteroatoms. The molecule has 1 aromatic carbocycles. The Morgan fingerprint density at radius 2 is 2.05 bits per heavy atom.